The number of Topliss-reactive ketones (excluding diaryl/α,β-unsaturated/α-hetero) is 1. The van der Waals surface area contributed by atoms with Gasteiger partial charge in [0.2, 0.25) is 5.95 Å². The smallest absolute Gasteiger partial charge is 0.229 e. The third-order valence-electron chi connectivity index (χ3n) is 4.93. The van der Waals surface area contributed by atoms with Crippen molar-refractivity contribution in [3.8, 4) is 0 Å². The van der Waals surface area contributed by atoms with Crippen LogP contribution in [0.15, 0.2) is 48.5 Å². The lowest BCUT2D eigenvalue weighted by Gasteiger charge is -2.23. The highest BCUT2D eigenvalue weighted by Crippen LogP contribution is 2.32. The summed E-state index contributed by atoms with van der Waals surface area (Å²) in [6.45, 7) is 6.18. The molecule has 1 aliphatic carbocycles. The minimum absolute atomic E-state index is 0.103. The molecule has 142 valence electrons. The van der Waals surface area contributed by atoms with Gasteiger partial charge < -0.3 is 10.6 Å². The van der Waals surface area contributed by atoms with Gasteiger partial charge in [0, 0.05) is 17.8 Å². The topological polar surface area (TPSA) is 66.9 Å². The molecule has 2 aromatic carbocycles. The van der Waals surface area contributed by atoms with Crippen molar-refractivity contribution in [2.75, 3.05) is 10.6 Å². The summed E-state index contributed by atoms with van der Waals surface area (Å²) in [6, 6.07) is 16.1. The molecule has 0 saturated heterocycles. The molecule has 1 aromatic heterocycles. The predicted octanol–water partition coefficient (Wildman–Crippen LogP) is 5.35. The summed E-state index contributed by atoms with van der Waals surface area (Å²) in [5, 5.41) is 6.62. The molecule has 0 bridgehead atoms. The summed E-state index contributed by atoms with van der Waals surface area (Å²) in [7, 11) is 0. The average molecular weight is 372 g/mol. The molecule has 0 aliphatic heterocycles. The van der Waals surface area contributed by atoms with Crippen molar-refractivity contribution in [2.24, 2.45) is 5.92 Å². The van der Waals surface area contributed by atoms with Gasteiger partial charge in [-0.2, -0.15) is 4.98 Å². The Morgan fingerprint density at radius 1 is 0.893 bits per heavy atom. The summed E-state index contributed by atoms with van der Waals surface area (Å²) >= 11 is 0. The van der Waals surface area contributed by atoms with Gasteiger partial charge in [-0.25, -0.2) is 4.98 Å². The Balaban J connectivity index is 1.74. The van der Waals surface area contributed by atoms with Gasteiger partial charge in [0.05, 0.1) is 11.3 Å². The summed E-state index contributed by atoms with van der Waals surface area (Å²) in [5.74, 6) is 1.46. The Labute approximate surface area is 165 Å². The molecule has 0 fully saturated rings. The van der Waals surface area contributed by atoms with Crippen LogP contribution in [0.2, 0.25) is 0 Å². The zero-order valence-corrected chi connectivity index (χ0v) is 16.4. The predicted molar refractivity (Wildman–Crippen MR) is 113 cm³/mol. The molecule has 1 aliphatic rings. The SMILES string of the molecule is Cc1ccc(Nc2nc3c(c(Nc4cccc(C)c4)n2)C(=O)CC(C)C3)cc1. The van der Waals surface area contributed by atoms with E-state index in [0.29, 0.717) is 23.8 Å². The summed E-state index contributed by atoms with van der Waals surface area (Å²) in [4.78, 5) is 22.1. The van der Waals surface area contributed by atoms with E-state index in [0.717, 1.165) is 29.1 Å². The van der Waals surface area contributed by atoms with Crippen LogP contribution in [-0.2, 0) is 6.42 Å². The zero-order valence-electron chi connectivity index (χ0n) is 16.4. The highest BCUT2D eigenvalue weighted by atomic mass is 16.1. The van der Waals surface area contributed by atoms with Gasteiger partial charge in [-0.15, -0.1) is 0 Å². The number of aryl methyl sites for hydroxylation is 2. The molecule has 1 heterocycles. The lowest BCUT2D eigenvalue weighted by molar-refractivity contribution is 0.0953. The number of fused-ring (bicyclic) bond motifs is 1. The second-order valence-corrected chi connectivity index (χ2v) is 7.64. The van der Waals surface area contributed by atoms with Crippen molar-refractivity contribution < 1.29 is 4.79 Å². The van der Waals surface area contributed by atoms with Gasteiger partial charge in [0.25, 0.3) is 0 Å². The largest absolute Gasteiger partial charge is 0.339 e. The minimum atomic E-state index is 0.103. The molecule has 0 spiro atoms. The van der Waals surface area contributed by atoms with Gasteiger partial charge >= 0.3 is 0 Å². The molecule has 1 atom stereocenters. The first-order valence-electron chi connectivity index (χ1n) is 9.59. The normalized spacial score (nSPS) is 15.8. The Morgan fingerprint density at radius 3 is 2.43 bits per heavy atom. The van der Waals surface area contributed by atoms with E-state index in [9.17, 15) is 4.79 Å². The maximum atomic E-state index is 12.7. The van der Waals surface area contributed by atoms with Crippen LogP contribution in [0.25, 0.3) is 0 Å². The van der Waals surface area contributed by atoms with Crippen LogP contribution >= 0.6 is 0 Å². The van der Waals surface area contributed by atoms with Crippen molar-refractivity contribution >= 4 is 28.9 Å². The Bertz CT molecular complexity index is 1030. The average Bonchev–Trinajstić information content (AvgIpc) is 2.63. The molecule has 0 amide bonds. The lowest BCUT2D eigenvalue weighted by atomic mass is 9.87. The number of ketones is 1. The zero-order chi connectivity index (χ0) is 19.7. The minimum Gasteiger partial charge on any atom is -0.339 e. The van der Waals surface area contributed by atoms with Gasteiger partial charge in [0.15, 0.2) is 5.78 Å². The number of aromatic nitrogens is 2. The fourth-order valence-electron chi connectivity index (χ4n) is 3.54. The molecule has 5 nitrogen and oxygen atoms in total. The number of anilines is 4. The molecule has 3 aromatic rings. The van der Waals surface area contributed by atoms with E-state index in [1.54, 1.807) is 0 Å². The van der Waals surface area contributed by atoms with Crippen molar-refractivity contribution in [3.05, 3.63) is 70.9 Å². The fraction of sp³-hybridized carbons (Fsp3) is 0.261. The van der Waals surface area contributed by atoms with Gasteiger partial charge in [-0.3, -0.25) is 4.79 Å². The van der Waals surface area contributed by atoms with Crippen LogP contribution in [0.1, 0.15) is 40.5 Å². The fourth-order valence-corrected chi connectivity index (χ4v) is 3.54. The van der Waals surface area contributed by atoms with Crippen molar-refractivity contribution in [2.45, 2.75) is 33.6 Å². The Hall–Kier alpha value is -3.21. The van der Waals surface area contributed by atoms with Crippen LogP contribution in [-0.4, -0.2) is 15.8 Å². The summed E-state index contributed by atoms with van der Waals surface area (Å²) < 4.78 is 0. The first-order valence-corrected chi connectivity index (χ1v) is 9.59. The number of carbonyl (C=O) groups excluding carboxylic acids is 1. The molecule has 5 heteroatoms. The lowest BCUT2D eigenvalue weighted by Crippen LogP contribution is -2.22. The van der Waals surface area contributed by atoms with Crippen molar-refractivity contribution in [1.29, 1.82) is 0 Å². The van der Waals surface area contributed by atoms with E-state index < -0.39 is 0 Å². The first kappa shape index (κ1) is 18.2. The molecular formula is C23H24N4O. The van der Waals surface area contributed by atoms with E-state index in [1.807, 2.05) is 55.5 Å². The van der Waals surface area contributed by atoms with Crippen LogP contribution < -0.4 is 10.6 Å². The third-order valence-corrected chi connectivity index (χ3v) is 4.93. The Morgan fingerprint density at radius 2 is 1.68 bits per heavy atom. The van der Waals surface area contributed by atoms with E-state index in [-0.39, 0.29) is 11.7 Å². The van der Waals surface area contributed by atoms with Crippen LogP contribution in [0.4, 0.5) is 23.1 Å². The molecule has 28 heavy (non-hydrogen) atoms. The van der Waals surface area contributed by atoms with Crippen LogP contribution in [0.3, 0.4) is 0 Å². The molecule has 0 saturated carbocycles. The van der Waals surface area contributed by atoms with E-state index in [4.69, 9.17) is 0 Å². The maximum Gasteiger partial charge on any atom is 0.229 e. The first-order chi connectivity index (χ1) is 13.5. The molecule has 2 N–H and O–H groups in total. The van der Waals surface area contributed by atoms with Crippen molar-refractivity contribution in [1.82, 2.24) is 9.97 Å². The molecule has 1 unspecified atom stereocenters. The standard InChI is InChI=1S/C23H24N4O/c1-14-7-9-17(10-8-14)25-23-26-19-12-16(3)13-20(28)21(19)22(27-23)24-18-6-4-5-15(2)11-18/h4-11,16H,12-13H2,1-3H3,(H2,24,25,26,27). The van der Waals surface area contributed by atoms with Gasteiger partial charge in [0.1, 0.15) is 5.82 Å². The summed E-state index contributed by atoms with van der Waals surface area (Å²) in [5.41, 5.74) is 5.59. The van der Waals surface area contributed by atoms with Crippen molar-refractivity contribution in [3.63, 3.8) is 0 Å². The highest BCUT2D eigenvalue weighted by Gasteiger charge is 2.28. The Kier molecular flexibility index (Phi) is 4.82. The maximum absolute atomic E-state index is 12.7. The second-order valence-electron chi connectivity index (χ2n) is 7.64. The number of benzene rings is 2. The van der Waals surface area contributed by atoms with Gasteiger partial charge in [-0.05, 0) is 56.0 Å². The molecule has 0 radical (unpaired) electrons. The number of carbonyl (C=O) groups is 1. The summed E-state index contributed by atoms with van der Waals surface area (Å²) in [6.07, 6.45) is 1.30. The second kappa shape index (κ2) is 7.43. The molecule has 4 rings (SSSR count). The third kappa shape index (κ3) is 3.88. The monoisotopic (exact) mass is 372 g/mol. The number of rotatable bonds is 4. The quantitative estimate of drug-likeness (QED) is 0.646. The number of nitrogens with zero attached hydrogens (tertiary/aromatic N) is 2. The number of hydrogen-bond acceptors (Lipinski definition) is 5. The number of hydrogen-bond donors (Lipinski definition) is 2. The van der Waals surface area contributed by atoms with E-state index in [2.05, 4.69) is 34.4 Å². The highest BCUT2D eigenvalue weighted by molar-refractivity contribution is 6.03. The van der Waals surface area contributed by atoms with Crippen LogP contribution in [0.5, 0.6) is 0 Å². The van der Waals surface area contributed by atoms with Crippen LogP contribution in [0, 0.1) is 19.8 Å². The molecular weight excluding hydrogens is 348 g/mol. The van der Waals surface area contributed by atoms with E-state index >= 15 is 0 Å². The number of nitrogens with one attached hydrogen (secondary N) is 2. The van der Waals surface area contributed by atoms with E-state index in [1.165, 1.54) is 5.56 Å². The van der Waals surface area contributed by atoms with Gasteiger partial charge in [-0.1, -0.05) is 36.8 Å².